The van der Waals surface area contributed by atoms with E-state index >= 15 is 0 Å². The Morgan fingerprint density at radius 2 is 1.81 bits per heavy atom. The maximum atomic E-state index is 13.4. The lowest BCUT2D eigenvalue weighted by molar-refractivity contribution is 0.194. The molecule has 4 aromatic rings. The Balaban J connectivity index is 1.42. The van der Waals surface area contributed by atoms with Gasteiger partial charge < -0.3 is 9.84 Å². The fourth-order valence-electron chi connectivity index (χ4n) is 4.86. The van der Waals surface area contributed by atoms with Crippen LogP contribution in [0.25, 0.3) is 10.9 Å². The summed E-state index contributed by atoms with van der Waals surface area (Å²) in [6, 6.07) is 24.1. The number of phenolic OH excluding ortho intramolecular Hbond substituents is 1. The fourth-order valence-corrected chi connectivity index (χ4v) is 4.86. The van der Waals surface area contributed by atoms with Crippen molar-refractivity contribution in [2.75, 3.05) is 0 Å². The van der Waals surface area contributed by atoms with Gasteiger partial charge in [0.1, 0.15) is 23.9 Å². The second-order valence-electron chi connectivity index (χ2n) is 8.57. The zero-order valence-electron chi connectivity index (χ0n) is 17.4. The monoisotopic (exact) mass is 413 g/mol. The van der Waals surface area contributed by atoms with Crippen LogP contribution in [0.3, 0.4) is 0 Å². The number of halogens is 1. The first-order chi connectivity index (χ1) is 15.0. The first kappa shape index (κ1) is 19.6. The number of pyridine rings is 1. The lowest BCUT2D eigenvalue weighted by Crippen LogP contribution is -2.41. The average molecular weight is 413 g/mol. The van der Waals surface area contributed by atoms with Crippen LogP contribution in [-0.2, 0) is 12.0 Å². The number of nitrogens with zero attached hydrogens (tertiary/aromatic N) is 1. The zero-order valence-corrected chi connectivity index (χ0v) is 17.4. The van der Waals surface area contributed by atoms with Crippen molar-refractivity contribution in [3.63, 3.8) is 0 Å². The van der Waals surface area contributed by atoms with Crippen molar-refractivity contribution in [1.82, 2.24) is 4.98 Å². The van der Waals surface area contributed by atoms with Gasteiger partial charge in [-0.05, 0) is 66.8 Å². The number of fused-ring (bicyclic) bond motifs is 1. The largest absolute Gasteiger partial charge is 0.508 e. The number of rotatable bonds is 5. The van der Waals surface area contributed by atoms with Gasteiger partial charge in [0.25, 0.3) is 0 Å². The normalized spacial score (nSPS) is 20.4. The van der Waals surface area contributed by atoms with Crippen LogP contribution in [0.2, 0.25) is 0 Å². The van der Waals surface area contributed by atoms with Crippen LogP contribution >= 0.6 is 0 Å². The molecule has 0 amide bonds. The van der Waals surface area contributed by atoms with E-state index < -0.39 is 0 Å². The summed E-state index contributed by atoms with van der Waals surface area (Å²) in [4.78, 5) is 4.56. The topological polar surface area (TPSA) is 42.4 Å². The van der Waals surface area contributed by atoms with Crippen molar-refractivity contribution in [3.8, 4) is 11.5 Å². The quantitative estimate of drug-likeness (QED) is 0.413. The molecule has 0 spiro atoms. The Bertz CT molecular complexity index is 1230. The highest BCUT2D eigenvalue weighted by Gasteiger charge is 2.46. The van der Waals surface area contributed by atoms with Crippen LogP contribution in [0.4, 0.5) is 4.39 Å². The van der Waals surface area contributed by atoms with Crippen molar-refractivity contribution in [1.29, 1.82) is 0 Å². The van der Waals surface area contributed by atoms with E-state index in [0.717, 1.165) is 35.0 Å². The van der Waals surface area contributed by atoms with Crippen molar-refractivity contribution >= 4 is 10.9 Å². The minimum atomic E-state index is -0.271. The van der Waals surface area contributed by atoms with Gasteiger partial charge in [0.2, 0.25) is 0 Å². The molecule has 5 rings (SSSR count). The van der Waals surface area contributed by atoms with Gasteiger partial charge in [0, 0.05) is 16.4 Å². The summed E-state index contributed by atoms with van der Waals surface area (Å²) in [7, 11) is 0. The highest BCUT2D eigenvalue weighted by atomic mass is 19.1. The summed E-state index contributed by atoms with van der Waals surface area (Å²) in [5.74, 6) is 1.33. The second kappa shape index (κ2) is 7.69. The van der Waals surface area contributed by atoms with E-state index in [4.69, 9.17) is 4.74 Å². The van der Waals surface area contributed by atoms with E-state index in [2.05, 4.69) is 36.2 Å². The number of hydrogen-bond donors (Lipinski definition) is 1. The molecule has 0 saturated heterocycles. The molecule has 156 valence electrons. The molecule has 0 radical (unpaired) electrons. The van der Waals surface area contributed by atoms with E-state index in [0.29, 0.717) is 24.0 Å². The summed E-state index contributed by atoms with van der Waals surface area (Å²) in [5.41, 5.74) is 3.46. The van der Waals surface area contributed by atoms with E-state index in [-0.39, 0.29) is 11.2 Å². The first-order valence-electron chi connectivity index (χ1n) is 10.6. The van der Waals surface area contributed by atoms with Crippen LogP contribution in [0.15, 0.2) is 78.9 Å². The Hall–Kier alpha value is -3.40. The summed E-state index contributed by atoms with van der Waals surface area (Å²) in [6.07, 6.45) is 1.99. The van der Waals surface area contributed by atoms with E-state index in [9.17, 15) is 9.50 Å². The lowest BCUT2D eigenvalue weighted by Gasteiger charge is -2.48. The smallest absolute Gasteiger partial charge is 0.130 e. The van der Waals surface area contributed by atoms with E-state index in [1.807, 2.05) is 24.3 Å². The molecule has 1 saturated carbocycles. The van der Waals surface area contributed by atoms with Crippen LogP contribution in [-0.4, -0.2) is 10.1 Å². The summed E-state index contributed by atoms with van der Waals surface area (Å²) in [5, 5.41) is 11.5. The molecule has 1 aromatic heterocycles. The van der Waals surface area contributed by atoms with Gasteiger partial charge in [-0.1, -0.05) is 43.3 Å². The molecule has 4 heteroatoms. The van der Waals surface area contributed by atoms with Gasteiger partial charge in [0.05, 0.1) is 11.2 Å². The van der Waals surface area contributed by atoms with Crippen molar-refractivity contribution < 1.29 is 14.2 Å². The molecule has 31 heavy (non-hydrogen) atoms. The maximum Gasteiger partial charge on any atom is 0.130 e. The molecule has 1 fully saturated rings. The first-order valence-corrected chi connectivity index (χ1v) is 10.6. The zero-order chi connectivity index (χ0) is 21.4. The molecular formula is C27H24FNO2. The number of benzene rings is 3. The van der Waals surface area contributed by atoms with Crippen molar-refractivity contribution in [2.45, 2.75) is 31.8 Å². The van der Waals surface area contributed by atoms with Gasteiger partial charge in [-0.25, -0.2) is 9.37 Å². The summed E-state index contributed by atoms with van der Waals surface area (Å²) >= 11 is 0. The third-order valence-electron chi connectivity index (χ3n) is 6.30. The summed E-state index contributed by atoms with van der Waals surface area (Å²) in [6.45, 7) is 2.54. The lowest BCUT2D eigenvalue weighted by atomic mass is 9.56. The third kappa shape index (κ3) is 3.63. The van der Waals surface area contributed by atoms with Crippen molar-refractivity contribution in [2.24, 2.45) is 5.92 Å². The minimum Gasteiger partial charge on any atom is -0.508 e. The molecule has 0 aliphatic heterocycles. The number of phenols is 1. The van der Waals surface area contributed by atoms with Gasteiger partial charge >= 0.3 is 0 Å². The molecule has 3 nitrogen and oxygen atoms in total. The van der Waals surface area contributed by atoms with Crippen molar-refractivity contribution in [3.05, 3.63) is 102 Å². The Morgan fingerprint density at radius 1 is 1.00 bits per heavy atom. The molecule has 1 heterocycles. The molecule has 1 aliphatic carbocycles. The van der Waals surface area contributed by atoms with Gasteiger partial charge in [-0.3, -0.25) is 0 Å². The highest BCUT2D eigenvalue weighted by molar-refractivity contribution is 5.78. The minimum absolute atomic E-state index is 0.185. The third-order valence-corrected chi connectivity index (χ3v) is 6.30. The molecular weight excluding hydrogens is 389 g/mol. The number of aromatic nitrogens is 1. The molecule has 0 unspecified atom stereocenters. The predicted octanol–water partition coefficient (Wildman–Crippen LogP) is 6.37. The van der Waals surface area contributed by atoms with Crippen LogP contribution < -0.4 is 4.74 Å². The van der Waals surface area contributed by atoms with Crippen LogP contribution in [0, 0.1) is 11.7 Å². The molecule has 0 atom stereocenters. The van der Waals surface area contributed by atoms with Gasteiger partial charge in [0.15, 0.2) is 0 Å². The molecule has 0 bridgehead atoms. The second-order valence-corrected chi connectivity index (χ2v) is 8.57. The predicted molar refractivity (Wildman–Crippen MR) is 120 cm³/mol. The average Bonchev–Trinajstić information content (AvgIpc) is 2.77. The highest BCUT2D eigenvalue weighted by Crippen LogP contribution is 2.54. The van der Waals surface area contributed by atoms with Crippen LogP contribution in [0.1, 0.15) is 36.6 Å². The maximum absolute atomic E-state index is 13.4. The number of ether oxygens (including phenoxy) is 1. The fraction of sp³-hybridized carbons (Fsp3) is 0.222. The Morgan fingerprint density at radius 3 is 2.58 bits per heavy atom. The molecule has 1 N–H and O–H groups in total. The summed E-state index contributed by atoms with van der Waals surface area (Å²) < 4.78 is 19.4. The molecule has 3 aromatic carbocycles. The van der Waals surface area contributed by atoms with E-state index in [1.165, 1.54) is 17.7 Å². The SMILES string of the molecule is CC1CC(c2ccccc2)(c2cc(OCc3ccc4cc(F)ccc4n3)ccc2O)C1. The van der Waals surface area contributed by atoms with Gasteiger partial charge in [-0.15, -0.1) is 0 Å². The van der Waals surface area contributed by atoms with E-state index in [1.54, 1.807) is 18.2 Å². The molecule has 1 aliphatic rings. The number of hydrogen-bond acceptors (Lipinski definition) is 3. The Kier molecular flexibility index (Phi) is 4.85. The standard InChI is InChI=1S/C27H24FNO2/c1-18-15-27(16-18,20-5-3-2-4-6-20)24-14-23(10-12-26(24)30)31-17-22-9-7-19-13-21(28)8-11-25(19)29-22/h2-14,18,30H,15-17H2,1H3. The van der Waals surface area contributed by atoms with Gasteiger partial charge in [-0.2, -0.15) is 0 Å². The van der Waals surface area contributed by atoms with Crippen LogP contribution in [0.5, 0.6) is 11.5 Å². The number of aromatic hydroxyl groups is 1. The Labute approximate surface area is 181 Å².